The molecule has 2 aromatic carbocycles. The number of amides is 1. The van der Waals surface area contributed by atoms with Crippen LogP contribution in [0.1, 0.15) is 87.2 Å². The van der Waals surface area contributed by atoms with Crippen LogP contribution in [0.4, 0.5) is 0 Å². The zero-order valence-electron chi connectivity index (χ0n) is 29.7. The van der Waals surface area contributed by atoms with E-state index in [0.717, 1.165) is 84.7 Å². The monoisotopic (exact) mass is 674 g/mol. The Hall–Kier alpha value is -4.02. The molecule has 0 radical (unpaired) electrons. The maximum Gasteiger partial charge on any atom is 0.352 e. The average molecular weight is 675 g/mol. The van der Waals surface area contributed by atoms with Gasteiger partial charge in [-0.2, -0.15) is 0 Å². The number of rotatable bonds is 12. The van der Waals surface area contributed by atoms with Crippen LogP contribution in [0.5, 0.6) is 11.5 Å². The van der Waals surface area contributed by atoms with Crippen molar-refractivity contribution in [2.24, 2.45) is 17.8 Å². The maximum atomic E-state index is 12.9. The predicted octanol–water partition coefficient (Wildman–Crippen LogP) is 7.50. The number of fused-ring (bicyclic) bond motifs is 2. The molecule has 3 heterocycles. The molecule has 10 nitrogen and oxygen atoms in total. The van der Waals surface area contributed by atoms with Gasteiger partial charge in [-0.25, -0.2) is 4.79 Å². The Labute approximate surface area is 289 Å². The van der Waals surface area contributed by atoms with E-state index in [1.54, 1.807) is 6.07 Å². The van der Waals surface area contributed by atoms with E-state index in [2.05, 4.69) is 54.9 Å². The van der Waals surface area contributed by atoms with Crippen molar-refractivity contribution in [3.05, 3.63) is 59.9 Å². The molecule has 1 aliphatic carbocycles. The Kier molecular flexibility index (Phi) is 12.6. The number of hydrogen-bond acceptors (Lipinski definition) is 6. The van der Waals surface area contributed by atoms with Crippen LogP contribution >= 0.6 is 0 Å². The molecule has 1 saturated carbocycles. The van der Waals surface area contributed by atoms with E-state index >= 15 is 0 Å². The van der Waals surface area contributed by atoms with Gasteiger partial charge in [-0.15, -0.1) is 0 Å². The number of aromatic amines is 2. The molecule has 266 valence electrons. The molecule has 1 amide bonds. The molecule has 49 heavy (non-hydrogen) atoms. The third-order valence-corrected chi connectivity index (χ3v) is 9.41. The number of carboxylic acid groups (broad SMARTS) is 1. The van der Waals surface area contributed by atoms with Gasteiger partial charge in [-0.3, -0.25) is 4.79 Å². The topological polar surface area (TPSA) is 129 Å². The molecule has 0 unspecified atom stereocenters. The van der Waals surface area contributed by atoms with Crippen molar-refractivity contribution in [2.75, 3.05) is 40.0 Å². The number of aromatic carboxylic acids is 1. The number of hydrogen-bond donors (Lipinski definition) is 4. The minimum absolute atomic E-state index is 0.0150. The molecule has 2 aromatic heterocycles. The summed E-state index contributed by atoms with van der Waals surface area (Å²) in [6, 6.07) is 15.9. The number of carbonyl (C=O) groups is 2. The number of aromatic nitrogens is 2. The number of H-pyrrole nitrogens is 2. The van der Waals surface area contributed by atoms with Gasteiger partial charge in [0.05, 0.1) is 13.2 Å². The minimum atomic E-state index is -0.962. The van der Waals surface area contributed by atoms with Gasteiger partial charge in [0.1, 0.15) is 22.9 Å². The first-order chi connectivity index (χ1) is 23.6. The van der Waals surface area contributed by atoms with E-state index in [9.17, 15) is 9.59 Å². The molecule has 6 rings (SSSR count). The lowest BCUT2D eigenvalue weighted by Gasteiger charge is -2.36. The fourth-order valence-electron chi connectivity index (χ4n) is 6.69. The van der Waals surface area contributed by atoms with Crippen LogP contribution in [-0.4, -0.2) is 84.0 Å². The van der Waals surface area contributed by atoms with Gasteiger partial charge in [-0.1, -0.05) is 39.8 Å². The highest BCUT2D eigenvalue weighted by Gasteiger charge is 2.27. The average Bonchev–Trinajstić information content (AvgIpc) is 3.74. The highest BCUT2D eigenvalue weighted by molar-refractivity contribution is 6.00. The Morgan fingerprint density at radius 2 is 1.37 bits per heavy atom. The Balaban J connectivity index is 0.000000232. The van der Waals surface area contributed by atoms with Crippen molar-refractivity contribution in [3.63, 3.8) is 0 Å². The molecule has 0 spiro atoms. The van der Waals surface area contributed by atoms with Crippen LogP contribution in [0.2, 0.25) is 0 Å². The lowest BCUT2D eigenvalue weighted by molar-refractivity contribution is 0.0356. The Morgan fingerprint density at radius 1 is 0.837 bits per heavy atom. The number of nitrogens with zero attached hydrogens (tertiary/aromatic N) is 1. The molecule has 0 bridgehead atoms. The van der Waals surface area contributed by atoms with Crippen molar-refractivity contribution < 1.29 is 28.9 Å². The summed E-state index contributed by atoms with van der Waals surface area (Å²) in [6.45, 7) is 12.6. The fourth-order valence-corrected chi connectivity index (χ4v) is 6.69. The molecule has 2 fully saturated rings. The van der Waals surface area contributed by atoms with E-state index in [0.29, 0.717) is 36.8 Å². The lowest BCUT2D eigenvalue weighted by Crippen LogP contribution is -2.42. The standard InChI is InChI=1S/C26H39N3O3.C13H15NO3/c1-18(2)17-32-25-6-4-5-23-22(25)15-24(28-23)26(30)27-20-9-7-19(8-10-20)16-29(3)21-11-13-31-14-12-21;1-8(2)7-17-12-5-3-4-10-9(12)6-11(14-10)13(15)16/h4-6,15,18-21,28H,7-14,16-17H2,1-3H3,(H,27,30);3-6,8,14H,7H2,1-2H3,(H,15,16). The summed E-state index contributed by atoms with van der Waals surface area (Å²) >= 11 is 0. The van der Waals surface area contributed by atoms with Crippen LogP contribution in [-0.2, 0) is 4.74 Å². The van der Waals surface area contributed by atoms with Crippen molar-refractivity contribution in [1.82, 2.24) is 20.2 Å². The highest BCUT2D eigenvalue weighted by Crippen LogP contribution is 2.30. The van der Waals surface area contributed by atoms with Crippen molar-refractivity contribution in [2.45, 2.75) is 78.3 Å². The molecular formula is C39H54N4O6. The lowest BCUT2D eigenvalue weighted by atomic mass is 9.85. The van der Waals surface area contributed by atoms with Crippen LogP contribution in [0, 0.1) is 17.8 Å². The van der Waals surface area contributed by atoms with Gasteiger partial charge in [-0.05, 0) is 99.7 Å². The second-order valence-corrected chi connectivity index (χ2v) is 14.5. The number of carboxylic acids is 1. The van der Waals surface area contributed by atoms with Gasteiger partial charge in [0.25, 0.3) is 5.91 Å². The van der Waals surface area contributed by atoms with E-state index in [4.69, 9.17) is 19.3 Å². The van der Waals surface area contributed by atoms with Gasteiger partial charge >= 0.3 is 5.97 Å². The number of carbonyl (C=O) groups excluding carboxylic acids is 1. The molecule has 10 heteroatoms. The zero-order valence-corrected chi connectivity index (χ0v) is 29.7. The smallest absolute Gasteiger partial charge is 0.352 e. The van der Waals surface area contributed by atoms with Gasteiger partial charge < -0.3 is 39.5 Å². The van der Waals surface area contributed by atoms with Crippen molar-refractivity contribution >= 4 is 33.7 Å². The predicted molar refractivity (Wildman–Crippen MR) is 194 cm³/mol. The normalized spacial score (nSPS) is 18.5. The quantitative estimate of drug-likeness (QED) is 0.122. The molecule has 1 saturated heterocycles. The van der Waals surface area contributed by atoms with E-state index in [-0.39, 0.29) is 17.6 Å². The van der Waals surface area contributed by atoms with Crippen LogP contribution < -0.4 is 14.8 Å². The summed E-state index contributed by atoms with van der Waals surface area (Å²) < 4.78 is 17.1. The number of nitrogens with one attached hydrogen (secondary N) is 3. The number of ether oxygens (including phenoxy) is 3. The third kappa shape index (κ3) is 10.0. The largest absolute Gasteiger partial charge is 0.493 e. The minimum Gasteiger partial charge on any atom is -0.493 e. The summed E-state index contributed by atoms with van der Waals surface area (Å²) in [7, 11) is 2.26. The summed E-state index contributed by atoms with van der Waals surface area (Å²) in [6.07, 6.45) is 6.77. The van der Waals surface area contributed by atoms with E-state index in [1.165, 1.54) is 12.8 Å². The summed E-state index contributed by atoms with van der Waals surface area (Å²) in [5.41, 5.74) is 2.52. The zero-order chi connectivity index (χ0) is 34.9. The summed E-state index contributed by atoms with van der Waals surface area (Å²) in [5, 5.41) is 14.0. The molecule has 1 aliphatic heterocycles. The van der Waals surface area contributed by atoms with E-state index < -0.39 is 5.97 Å². The second-order valence-electron chi connectivity index (χ2n) is 14.5. The highest BCUT2D eigenvalue weighted by atomic mass is 16.5. The maximum absolute atomic E-state index is 12.9. The number of benzene rings is 2. The Morgan fingerprint density at radius 3 is 1.90 bits per heavy atom. The van der Waals surface area contributed by atoms with Crippen molar-refractivity contribution in [1.29, 1.82) is 0 Å². The van der Waals surface area contributed by atoms with E-state index in [1.807, 2.05) is 42.5 Å². The molecule has 4 aromatic rings. The van der Waals surface area contributed by atoms with Gasteiger partial charge in [0, 0.05) is 53.6 Å². The van der Waals surface area contributed by atoms with Crippen LogP contribution in [0.25, 0.3) is 21.8 Å². The van der Waals surface area contributed by atoms with Crippen molar-refractivity contribution in [3.8, 4) is 11.5 Å². The SMILES string of the molecule is CC(C)COc1cccc2[nH]c(C(=O)NC3CCC(CN(C)C4CCOCC4)CC3)cc12.CC(C)COc1cccc2[nH]c(C(=O)O)cc12. The van der Waals surface area contributed by atoms with Crippen LogP contribution in [0.15, 0.2) is 48.5 Å². The second kappa shape index (κ2) is 17.1. The van der Waals surface area contributed by atoms with Crippen LogP contribution in [0.3, 0.4) is 0 Å². The molecule has 2 aliphatic rings. The fraction of sp³-hybridized carbons (Fsp3) is 0.538. The molecule has 0 atom stereocenters. The Bertz CT molecular complexity index is 1660. The summed E-state index contributed by atoms with van der Waals surface area (Å²) in [4.78, 5) is 32.5. The first-order valence-corrected chi connectivity index (χ1v) is 17.9. The summed E-state index contributed by atoms with van der Waals surface area (Å²) in [5.74, 6) is 2.20. The molecular weight excluding hydrogens is 620 g/mol. The van der Waals surface area contributed by atoms with Gasteiger partial charge in [0.15, 0.2) is 0 Å². The van der Waals surface area contributed by atoms with Gasteiger partial charge in [0.2, 0.25) is 0 Å². The first-order valence-electron chi connectivity index (χ1n) is 17.9. The molecule has 4 N–H and O–H groups in total. The first kappa shape index (κ1) is 36.3. The third-order valence-electron chi connectivity index (χ3n) is 9.41.